The Bertz CT molecular complexity index is 353. The van der Waals surface area contributed by atoms with Crippen molar-refractivity contribution in [2.75, 3.05) is 0 Å². The van der Waals surface area contributed by atoms with Crippen molar-refractivity contribution in [2.24, 2.45) is 0 Å². The maximum Gasteiger partial charge on any atom is -0.0398 e. The average molecular weight is 213 g/mol. The van der Waals surface area contributed by atoms with Gasteiger partial charge in [0, 0.05) is 0 Å². The van der Waals surface area contributed by atoms with Crippen LogP contribution in [0.1, 0.15) is 27.7 Å². The van der Waals surface area contributed by atoms with Crippen LogP contribution in [0.5, 0.6) is 0 Å². The highest BCUT2D eigenvalue weighted by atomic mass is 13.9. The number of hydrogen-bond acceptors (Lipinski definition) is 0. The van der Waals surface area contributed by atoms with E-state index in [1.807, 2.05) is 25.2 Å². The predicted molar refractivity (Wildman–Crippen MR) is 74.1 cm³/mol. The standard InChI is InChI=1S/C16H21/c1-6-9-15(4)12-8-13-16(5)11-7-10-14(2)3/h1,6-13H,2-5H3/b6-1?,11-7+,12-8+,15-9+,16-13+. The lowest BCUT2D eigenvalue weighted by Crippen LogP contribution is -1.68. The van der Waals surface area contributed by atoms with Gasteiger partial charge in [-0.2, -0.15) is 0 Å². The third kappa shape index (κ3) is 9.01. The van der Waals surface area contributed by atoms with Crippen LogP contribution in [0.25, 0.3) is 0 Å². The van der Waals surface area contributed by atoms with Gasteiger partial charge in [0.1, 0.15) is 0 Å². The molecular formula is C16H21. The highest BCUT2D eigenvalue weighted by molar-refractivity contribution is 5.29. The first kappa shape index (κ1) is 14.4. The van der Waals surface area contributed by atoms with Crippen molar-refractivity contribution in [2.45, 2.75) is 27.7 Å². The van der Waals surface area contributed by atoms with E-state index in [4.69, 9.17) is 6.58 Å². The molecule has 0 saturated carbocycles. The summed E-state index contributed by atoms with van der Waals surface area (Å²) >= 11 is 0. The summed E-state index contributed by atoms with van der Waals surface area (Å²) in [5.74, 6) is 0. The fourth-order valence-corrected chi connectivity index (χ4v) is 1.01. The van der Waals surface area contributed by atoms with Crippen LogP contribution in [0.4, 0.5) is 0 Å². The van der Waals surface area contributed by atoms with Gasteiger partial charge in [-0.05, 0) is 27.7 Å². The largest absolute Gasteiger partial charge is 0.0764 e. The summed E-state index contributed by atoms with van der Waals surface area (Å²) in [6.45, 7) is 13.5. The van der Waals surface area contributed by atoms with Crippen LogP contribution in [0.3, 0.4) is 0 Å². The number of allylic oxidation sites excluding steroid dienone is 11. The SMILES string of the molecule is [CH]=C/C=C(C)/C=C/C=C(C)/C=C/C=C(C)C. The Labute approximate surface area is 100 Å². The van der Waals surface area contributed by atoms with Crippen LogP contribution in [0.2, 0.25) is 0 Å². The summed E-state index contributed by atoms with van der Waals surface area (Å²) in [4.78, 5) is 0. The van der Waals surface area contributed by atoms with Gasteiger partial charge in [-0.25, -0.2) is 0 Å². The molecule has 0 N–H and O–H groups in total. The highest BCUT2D eigenvalue weighted by Crippen LogP contribution is 2.00. The minimum Gasteiger partial charge on any atom is -0.0764 e. The zero-order valence-electron chi connectivity index (χ0n) is 10.7. The quantitative estimate of drug-likeness (QED) is 0.567. The van der Waals surface area contributed by atoms with Gasteiger partial charge in [-0.3, -0.25) is 0 Å². The number of rotatable bonds is 5. The second kappa shape index (κ2) is 8.72. The molecule has 0 amide bonds. The van der Waals surface area contributed by atoms with Gasteiger partial charge in [0.25, 0.3) is 0 Å². The van der Waals surface area contributed by atoms with Crippen LogP contribution in [0.15, 0.2) is 65.3 Å². The molecule has 1 radical (unpaired) electrons. The first-order valence-electron chi connectivity index (χ1n) is 5.44. The van der Waals surface area contributed by atoms with E-state index in [1.54, 1.807) is 6.08 Å². The first-order valence-corrected chi connectivity index (χ1v) is 5.44. The van der Waals surface area contributed by atoms with Gasteiger partial charge < -0.3 is 0 Å². The number of hydrogen-bond donors (Lipinski definition) is 0. The Hall–Kier alpha value is -1.56. The van der Waals surface area contributed by atoms with Crippen molar-refractivity contribution in [3.63, 3.8) is 0 Å². The summed E-state index contributed by atoms with van der Waals surface area (Å²) in [6.07, 6.45) is 15.8. The maximum atomic E-state index is 5.29. The lowest BCUT2D eigenvalue weighted by Gasteiger charge is -1.89. The van der Waals surface area contributed by atoms with E-state index in [2.05, 4.69) is 45.1 Å². The molecule has 0 aromatic carbocycles. The molecular weight excluding hydrogens is 192 g/mol. The molecule has 0 aliphatic heterocycles. The molecule has 0 unspecified atom stereocenters. The summed E-state index contributed by atoms with van der Waals surface area (Å²) in [6, 6.07) is 0. The predicted octanol–water partition coefficient (Wildman–Crippen LogP) is 4.95. The minimum atomic E-state index is 1.14. The third-order valence-electron chi connectivity index (χ3n) is 1.87. The monoisotopic (exact) mass is 213 g/mol. The van der Waals surface area contributed by atoms with Crippen molar-refractivity contribution < 1.29 is 0 Å². The average Bonchev–Trinajstić information content (AvgIpc) is 2.17. The van der Waals surface area contributed by atoms with E-state index in [0.29, 0.717) is 0 Å². The van der Waals surface area contributed by atoms with Gasteiger partial charge >= 0.3 is 0 Å². The van der Waals surface area contributed by atoms with Gasteiger partial charge in [-0.1, -0.05) is 71.9 Å². The van der Waals surface area contributed by atoms with Gasteiger partial charge in [0.2, 0.25) is 0 Å². The van der Waals surface area contributed by atoms with Crippen LogP contribution >= 0.6 is 0 Å². The van der Waals surface area contributed by atoms with Gasteiger partial charge in [0.05, 0.1) is 0 Å². The molecule has 0 fully saturated rings. The molecule has 0 spiro atoms. The second-order valence-electron chi connectivity index (χ2n) is 3.98. The van der Waals surface area contributed by atoms with E-state index >= 15 is 0 Å². The molecule has 0 heterocycles. The van der Waals surface area contributed by atoms with E-state index in [9.17, 15) is 0 Å². The Morgan fingerprint density at radius 3 is 1.75 bits per heavy atom. The Balaban J connectivity index is 4.35. The van der Waals surface area contributed by atoms with Crippen molar-refractivity contribution >= 4 is 0 Å². The van der Waals surface area contributed by atoms with Crippen LogP contribution in [0, 0.1) is 6.58 Å². The molecule has 0 aliphatic rings. The Morgan fingerprint density at radius 1 is 0.750 bits per heavy atom. The van der Waals surface area contributed by atoms with E-state index in [1.165, 1.54) is 11.1 Å². The lowest BCUT2D eigenvalue weighted by molar-refractivity contribution is 1.39. The van der Waals surface area contributed by atoms with Crippen molar-refractivity contribution in [3.05, 3.63) is 71.9 Å². The molecule has 16 heavy (non-hydrogen) atoms. The van der Waals surface area contributed by atoms with Crippen molar-refractivity contribution in [1.82, 2.24) is 0 Å². The molecule has 0 saturated heterocycles. The minimum absolute atomic E-state index is 1.14. The van der Waals surface area contributed by atoms with E-state index in [0.717, 1.165) is 5.57 Å². The van der Waals surface area contributed by atoms with Crippen molar-refractivity contribution in [1.29, 1.82) is 0 Å². The summed E-state index contributed by atoms with van der Waals surface area (Å²) < 4.78 is 0. The molecule has 0 aromatic rings. The summed E-state index contributed by atoms with van der Waals surface area (Å²) in [7, 11) is 0. The van der Waals surface area contributed by atoms with E-state index < -0.39 is 0 Å². The first-order chi connectivity index (χ1) is 7.56. The zero-order valence-corrected chi connectivity index (χ0v) is 10.7. The maximum absolute atomic E-state index is 5.29. The van der Waals surface area contributed by atoms with Gasteiger partial charge in [-0.15, -0.1) is 0 Å². The molecule has 0 aromatic heterocycles. The third-order valence-corrected chi connectivity index (χ3v) is 1.87. The fourth-order valence-electron chi connectivity index (χ4n) is 1.01. The summed E-state index contributed by atoms with van der Waals surface area (Å²) in [5.41, 5.74) is 3.66. The smallest absolute Gasteiger partial charge is 0.0398 e. The van der Waals surface area contributed by atoms with Gasteiger partial charge in [0.15, 0.2) is 0 Å². The second-order valence-corrected chi connectivity index (χ2v) is 3.98. The molecule has 0 bridgehead atoms. The lowest BCUT2D eigenvalue weighted by atomic mass is 10.2. The van der Waals surface area contributed by atoms with Crippen LogP contribution < -0.4 is 0 Å². The molecule has 0 nitrogen and oxygen atoms in total. The topological polar surface area (TPSA) is 0 Å². The Morgan fingerprint density at radius 2 is 1.25 bits per heavy atom. The molecule has 0 aliphatic carbocycles. The summed E-state index contributed by atoms with van der Waals surface area (Å²) in [5, 5.41) is 0. The van der Waals surface area contributed by atoms with Crippen molar-refractivity contribution in [3.8, 4) is 0 Å². The normalized spacial score (nSPS) is 13.5. The molecule has 0 rings (SSSR count). The fraction of sp³-hybridized carbons (Fsp3) is 0.250. The van der Waals surface area contributed by atoms with E-state index in [-0.39, 0.29) is 0 Å². The highest BCUT2D eigenvalue weighted by Gasteiger charge is 1.79. The molecule has 0 atom stereocenters. The Kier molecular flexibility index (Phi) is 7.87. The zero-order chi connectivity index (χ0) is 12.4. The molecule has 85 valence electrons. The van der Waals surface area contributed by atoms with Crippen LogP contribution in [-0.4, -0.2) is 0 Å². The van der Waals surface area contributed by atoms with Crippen LogP contribution in [-0.2, 0) is 0 Å². The molecule has 0 heteroatoms.